The maximum absolute atomic E-state index is 12.6. The monoisotopic (exact) mass is 282 g/mol. The number of carbonyl (C=O) groups is 2. The molecule has 5 nitrogen and oxygen atoms in total. The van der Waals surface area contributed by atoms with Crippen LogP contribution in [0.5, 0.6) is 0 Å². The van der Waals surface area contributed by atoms with E-state index >= 15 is 0 Å². The van der Waals surface area contributed by atoms with Gasteiger partial charge in [-0.3, -0.25) is 9.59 Å². The number of piperazine rings is 1. The van der Waals surface area contributed by atoms with Crippen molar-refractivity contribution in [3.8, 4) is 0 Å². The molecule has 2 rings (SSSR count). The maximum Gasteiger partial charge on any atom is 0.246 e. The van der Waals surface area contributed by atoms with Gasteiger partial charge in [0.25, 0.3) is 0 Å². The maximum atomic E-state index is 12.6. The molecule has 2 aliphatic rings. The Hall–Kier alpha value is -1.10. The van der Waals surface area contributed by atoms with Crippen molar-refractivity contribution in [2.45, 2.75) is 71.2 Å². The van der Waals surface area contributed by atoms with Gasteiger partial charge in [-0.15, -0.1) is 0 Å². The zero-order valence-corrected chi connectivity index (χ0v) is 12.9. The molecule has 0 radical (unpaired) electrons. The van der Waals surface area contributed by atoms with Gasteiger partial charge >= 0.3 is 0 Å². The largest absolute Gasteiger partial charge is 0.378 e. The number of carbonyl (C=O) groups excluding carboxylic acids is 2. The third kappa shape index (κ3) is 2.68. The highest BCUT2D eigenvalue weighted by atomic mass is 16.5. The molecule has 1 aliphatic carbocycles. The number of hydrogen-bond acceptors (Lipinski definition) is 3. The van der Waals surface area contributed by atoms with E-state index in [1.807, 2.05) is 32.6 Å². The van der Waals surface area contributed by atoms with Crippen molar-refractivity contribution < 1.29 is 14.3 Å². The molecule has 20 heavy (non-hydrogen) atoms. The summed E-state index contributed by atoms with van der Waals surface area (Å²) in [5, 5.41) is 2.86. The van der Waals surface area contributed by atoms with E-state index in [-0.39, 0.29) is 42.0 Å². The van der Waals surface area contributed by atoms with Crippen LogP contribution in [-0.4, -0.2) is 47.6 Å². The summed E-state index contributed by atoms with van der Waals surface area (Å²) in [4.78, 5) is 26.7. The first-order valence-corrected chi connectivity index (χ1v) is 7.73. The molecule has 2 unspecified atom stereocenters. The number of nitrogens with one attached hydrogen (secondary N) is 1. The Bertz CT molecular complexity index is 377. The Kier molecular flexibility index (Phi) is 4.68. The molecule has 114 valence electrons. The van der Waals surface area contributed by atoms with Crippen molar-refractivity contribution in [1.29, 1.82) is 0 Å². The minimum atomic E-state index is -0.358. The average molecular weight is 282 g/mol. The van der Waals surface area contributed by atoms with Crippen LogP contribution in [0.15, 0.2) is 0 Å². The second-order valence-electron chi connectivity index (χ2n) is 6.11. The molecule has 1 saturated carbocycles. The van der Waals surface area contributed by atoms with Crippen molar-refractivity contribution in [2.75, 3.05) is 6.61 Å². The van der Waals surface area contributed by atoms with Gasteiger partial charge in [0.2, 0.25) is 11.8 Å². The highest BCUT2D eigenvalue weighted by molar-refractivity contribution is 5.97. The Labute approximate surface area is 121 Å². The number of hydrogen-bond donors (Lipinski definition) is 1. The first-order chi connectivity index (χ1) is 9.49. The van der Waals surface area contributed by atoms with E-state index in [1.165, 1.54) is 0 Å². The number of amides is 2. The molecule has 2 fully saturated rings. The van der Waals surface area contributed by atoms with Crippen LogP contribution in [0.25, 0.3) is 0 Å². The van der Waals surface area contributed by atoms with Crippen molar-refractivity contribution in [3.63, 3.8) is 0 Å². The van der Waals surface area contributed by atoms with Crippen LogP contribution in [-0.2, 0) is 14.3 Å². The van der Waals surface area contributed by atoms with Crippen LogP contribution in [0.1, 0.15) is 47.0 Å². The molecule has 5 heteroatoms. The van der Waals surface area contributed by atoms with E-state index in [0.29, 0.717) is 13.0 Å². The van der Waals surface area contributed by atoms with Crippen LogP contribution < -0.4 is 5.32 Å². The fourth-order valence-electron chi connectivity index (χ4n) is 3.21. The van der Waals surface area contributed by atoms with E-state index in [2.05, 4.69) is 5.32 Å². The van der Waals surface area contributed by atoms with Crippen LogP contribution in [0.4, 0.5) is 0 Å². The zero-order chi connectivity index (χ0) is 14.9. The van der Waals surface area contributed by atoms with Gasteiger partial charge in [-0.1, -0.05) is 20.8 Å². The highest BCUT2D eigenvalue weighted by Gasteiger charge is 2.48. The van der Waals surface area contributed by atoms with Crippen molar-refractivity contribution in [3.05, 3.63) is 0 Å². The first-order valence-electron chi connectivity index (χ1n) is 7.73. The third-order valence-corrected chi connectivity index (χ3v) is 4.34. The quantitative estimate of drug-likeness (QED) is 0.827. The van der Waals surface area contributed by atoms with Crippen LogP contribution in [0, 0.1) is 5.92 Å². The SMILES string of the molecule is CCOC1CC(N2C(=O)C(CC)NC(=O)C2C(C)C)C1. The normalized spacial score (nSPS) is 34.1. The van der Waals surface area contributed by atoms with Gasteiger partial charge in [0, 0.05) is 12.6 Å². The van der Waals surface area contributed by atoms with Gasteiger partial charge in [-0.05, 0) is 32.1 Å². The molecule has 0 aromatic carbocycles. The predicted octanol–water partition coefficient (Wildman–Crippen LogP) is 1.32. The first kappa shape index (κ1) is 15.3. The summed E-state index contributed by atoms with van der Waals surface area (Å²) in [5.74, 6) is 0.194. The number of ether oxygens (including phenoxy) is 1. The molecule has 1 saturated heterocycles. The molecule has 1 heterocycles. The molecule has 1 N–H and O–H groups in total. The molecule has 2 atom stereocenters. The smallest absolute Gasteiger partial charge is 0.246 e. The minimum absolute atomic E-state index is 0.00805. The van der Waals surface area contributed by atoms with Crippen LogP contribution in [0.2, 0.25) is 0 Å². The standard InChI is InChI=1S/C15H26N2O3/c1-5-12-15(19)17(10-7-11(8-10)20-6-2)13(9(3)4)14(18)16-12/h9-13H,5-8H2,1-4H3,(H,16,18). The van der Waals surface area contributed by atoms with Crippen molar-refractivity contribution in [1.82, 2.24) is 10.2 Å². The molecular weight excluding hydrogens is 256 g/mol. The van der Waals surface area contributed by atoms with Crippen LogP contribution in [0.3, 0.4) is 0 Å². The van der Waals surface area contributed by atoms with E-state index in [9.17, 15) is 9.59 Å². The average Bonchev–Trinajstić information content (AvgIpc) is 2.35. The van der Waals surface area contributed by atoms with E-state index < -0.39 is 0 Å². The van der Waals surface area contributed by atoms with Gasteiger partial charge in [-0.2, -0.15) is 0 Å². The van der Waals surface area contributed by atoms with E-state index in [0.717, 1.165) is 12.8 Å². The van der Waals surface area contributed by atoms with Gasteiger partial charge in [0.05, 0.1) is 6.10 Å². The van der Waals surface area contributed by atoms with Gasteiger partial charge < -0.3 is 15.0 Å². The van der Waals surface area contributed by atoms with Crippen molar-refractivity contribution >= 4 is 11.8 Å². The van der Waals surface area contributed by atoms with Gasteiger partial charge in [0.15, 0.2) is 0 Å². The molecule has 2 amide bonds. The summed E-state index contributed by atoms with van der Waals surface area (Å²) in [6.45, 7) is 8.61. The summed E-state index contributed by atoms with van der Waals surface area (Å²) in [7, 11) is 0. The van der Waals surface area contributed by atoms with Crippen molar-refractivity contribution in [2.24, 2.45) is 5.92 Å². The summed E-state index contributed by atoms with van der Waals surface area (Å²) in [5.41, 5.74) is 0. The van der Waals surface area contributed by atoms with Gasteiger partial charge in [0.1, 0.15) is 12.1 Å². The number of nitrogens with zero attached hydrogens (tertiary/aromatic N) is 1. The summed E-state index contributed by atoms with van der Waals surface area (Å²) in [6.07, 6.45) is 2.60. The predicted molar refractivity (Wildman–Crippen MR) is 76.1 cm³/mol. The Morgan fingerprint density at radius 1 is 1.30 bits per heavy atom. The lowest BCUT2D eigenvalue weighted by Gasteiger charge is -2.50. The highest BCUT2D eigenvalue weighted by Crippen LogP contribution is 2.33. The lowest BCUT2D eigenvalue weighted by molar-refractivity contribution is -0.161. The molecule has 0 aromatic rings. The van der Waals surface area contributed by atoms with Crippen LogP contribution >= 0.6 is 0 Å². The summed E-state index contributed by atoms with van der Waals surface area (Å²) < 4.78 is 5.57. The van der Waals surface area contributed by atoms with E-state index in [1.54, 1.807) is 0 Å². The molecule has 1 aliphatic heterocycles. The second-order valence-corrected chi connectivity index (χ2v) is 6.11. The molecule has 0 spiro atoms. The summed E-state index contributed by atoms with van der Waals surface area (Å²) in [6, 6.07) is -0.534. The lowest BCUT2D eigenvalue weighted by atomic mass is 9.83. The Morgan fingerprint density at radius 2 is 1.95 bits per heavy atom. The number of rotatable bonds is 5. The van der Waals surface area contributed by atoms with E-state index in [4.69, 9.17) is 4.74 Å². The fourth-order valence-corrected chi connectivity index (χ4v) is 3.21. The second kappa shape index (κ2) is 6.12. The Morgan fingerprint density at radius 3 is 2.45 bits per heavy atom. The molecule has 0 bridgehead atoms. The van der Waals surface area contributed by atoms with Gasteiger partial charge in [-0.25, -0.2) is 0 Å². The Balaban J connectivity index is 2.12. The zero-order valence-electron chi connectivity index (χ0n) is 12.9. The topological polar surface area (TPSA) is 58.6 Å². The third-order valence-electron chi connectivity index (χ3n) is 4.34. The minimum Gasteiger partial charge on any atom is -0.378 e. The fraction of sp³-hybridized carbons (Fsp3) is 0.867. The summed E-state index contributed by atoms with van der Waals surface area (Å²) >= 11 is 0. The molecule has 0 aromatic heterocycles. The molecular formula is C15H26N2O3. The lowest BCUT2D eigenvalue weighted by Crippen LogP contribution is -2.69.